The number of methoxy groups -OCH3 is 2. The van der Waals surface area contributed by atoms with Crippen molar-refractivity contribution in [3.8, 4) is 11.5 Å². The van der Waals surface area contributed by atoms with Crippen LogP contribution in [0.5, 0.6) is 11.5 Å². The van der Waals surface area contributed by atoms with Crippen molar-refractivity contribution >= 4 is 5.91 Å². The molecule has 2 aromatic rings. The van der Waals surface area contributed by atoms with Crippen molar-refractivity contribution in [1.29, 1.82) is 0 Å². The first-order valence-corrected chi connectivity index (χ1v) is 6.71. The van der Waals surface area contributed by atoms with Gasteiger partial charge in [-0.25, -0.2) is 0 Å². The molecule has 1 amide bonds. The standard InChI is InChI=1S/C16H18N2O4/c1-18(16(20)12-5-4-8-17-15(12)19)10-11-6-7-13(21-2)14(9-11)22-3/h4-9H,10H2,1-3H3,(H,17,19). The molecule has 2 rings (SSSR count). The van der Waals surface area contributed by atoms with E-state index >= 15 is 0 Å². The maximum absolute atomic E-state index is 12.3. The lowest BCUT2D eigenvalue weighted by atomic mass is 10.1. The van der Waals surface area contributed by atoms with Gasteiger partial charge >= 0.3 is 0 Å². The first-order valence-electron chi connectivity index (χ1n) is 6.71. The van der Waals surface area contributed by atoms with Gasteiger partial charge in [-0.3, -0.25) is 9.59 Å². The predicted molar refractivity (Wildman–Crippen MR) is 82.4 cm³/mol. The van der Waals surface area contributed by atoms with Gasteiger partial charge in [-0.15, -0.1) is 0 Å². The van der Waals surface area contributed by atoms with Crippen LogP contribution in [0.3, 0.4) is 0 Å². The van der Waals surface area contributed by atoms with Crippen LogP contribution in [-0.4, -0.2) is 37.1 Å². The third kappa shape index (κ3) is 3.28. The Morgan fingerprint density at radius 3 is 2.55 bits per heavy atom. The van der Waals surface area contributed by atoms with Gasteiger partial charge in [-0.1, -0.05) is 6.07 Å². The number of aromatic amines is 1. The number of nitrogens with one attached hydrogen (secondary N) is 1. The number of aromatic nitrogens is 1. The van der Waals surface area contributed by atoms with Gasteiger partial charge in [0.1, 0.15) is 5.56 Å². The average molecular weight is 302 g/mol. The highest BCUT2D eigenvalue weighted by molar-refractivity contribution is 5.93. The molecule has 1 N–H and O–H groups in total. The van der Waals surface area contributed by atoms with Gasteiger partial charge in [-0.2, -0.15) is 0 Å². The molecule has 1 heterocycles. The zero-order chi connectivity index (χ0) is 16.1. The molecule has 1 aromatic carbocycles. The Balaban J connectivity index is 2.18. The number of H-pyrrole nitrogens is 1. The highest BCUT2D eigenvalue weighted by Crippen LogP contribution is 2.27. The fraction of sp³-hybridized carbons (Fsp3) is 0.250. The number of ether oxygens (including phenoxy) is 2. The summed E-state index contributed by atoms with van der Waals surface area (Å²) in [6.07, 6.45) is 1.49. The summed E-state index contributed by atoms with van der Waals surface area (Å²) in [5.74, 6) is 0.884. The van der Waals surface area contributed by atoms with Crippen LogP contribution >= 0.6 is 0 Å². The molecule has 1 aromatic heterocycles. The topological polar surface area (TPSA) is 71.6 Å². The van der Waals surface area contributed by atoms with Crippen LogP contribution in [0.15, 0.2) is 41.3 Å². The fourth-order valence-corrected chi connectivity index (χ4v) is 2.12. The SMILES string of the molecule is COc1ccc(CN(C)C(=O)c2ccc[nH]c2=O)cc1OC. The molecule has 0 aliphatic carbocycles. The van der Waals surface area contributed by atoms with E-state index in [2.05, 4.69) is 4.98 Å². The summed E-state index contributed by atoms with van der Waals surface area (Å²) in [5.41, 5.74) is 0.595. The fourth-order valence-electron chi connectivity index (χ4n) is 2.12. The van der Waals surface area contributed by atoms with Gasteiger partial charge in [0.25, 0.3) is 11.5 Å². The Bertz CT molecular complexity index is 724. The van der Waals surface area contributed by atoms with Crippen molar-refractivity contribution in [2.24, 2.45) is 0 Å². The normalized spacial score (nSPS) is 10.1. The first kappa shape index (κ1) is 15.6. The minimum absolute atomic E-state index is 0.116. The number of carbonyl (C=O) groups excluding carboxylic acids is 1. The summed E-state index contributed by atoms with van der Waals surface area (Å²) in [6, 6.07) is 8.56. The second-order valence-electron chi connectivity index (χ2n) is 4.76. The molecule has 116 valence electrons. The number of amides is 1. The van der Waals surface area contributed by atoms with E-state index in [0.717, 1.165) is 5.56 Å². The third-order valence-corrected chi connectivity index (χ3v) is 3.26. The monoisotopic (exact) mass is 302 g/mol. The van der Waals surface area contributed by atoms with Crippen LogP contribution < -0.4 is 15.0 Å². The van der Waals surface area contributed by atoms with E-state index in [-0.39, 0.29) is 11.5 Å². The second-order valence-corrected chi connectivity index (χ2v) is 4.76. The van der Waals surface area contributed by atoms with Crippen LogP contribution in [0.2, 0.25) is 0 Å². The third-order valence-electron chi connectivity index (χ3n) is 3.26. The van der Waals surface area contributed by atoms with Crippen molar-refractivity contribution < 1.29 is 14.3 Å². The average Bonchev–Trinajstić information content (AvgIpc) is 2.54. The molecule has 6 nitrogen and oxygen atoms in total. The van der Waals surface area contributed by atoms with E-state index < -0.39 is 5.56 Å². The molecule has 0 spiro atoms. The van der Waals surface area contributed by atoms with E-state index in [1.54, 1.807) is 39.5 Å². The quantitative estimate of drug-likeness (QED) is 0.912. The van der Waals surface area contributed by atoms with E-state index in [9.17, 15) is 9.59 Å². The number of carbonyl (C=O) groups is 1. The van der Waals surface area contributed by atoms with E-state index in [4.69, 9.17) is 9.47 Å². The van der Waals surface area contributed by atoms with Gasteiger partial charge in [0.15, 0.2) is 11.5 Å². The van der Waals surface area contributed by atoms with Crippen molar-refractivity contribution in [2.45, 2.75) is 6.54 Å². The Morgan fingerprint density at radius 1 is 1.18 bits per heavy atom. The molecule has 0 atom stereocenters. The van der Waals surface area contributed by atoms with Crippen LogP contribution in [0.1, 0.15) is 15.9 Å². The van der Waals surface area contributed by atoms with Crippen molar-refractivity contribution in [3.63, 3.8) is 0 Å². The lowest BCUT2D eigenvalue weighted by Gasteiger charge is -2.18. The van der Waals surface area contributed by atoms with Gasteiger partial charge in [0.05, 0.1) is 14.2 Å². The number of hydrogen-bond donors (Lipinski definition) is 1. The highest BCUT2D eigenvalue weighted by atomic mass is 16.5. The lowest BCUT2D eigenvalue weighted by molar-refractivity contribution is 0.0783. The van der Waals surface area contributed by atoms with Gasteiger partial charge in [0.2, 0.25) is 0 Å². The first-order chi connectivity index (χ1) is 10.6. The van der Waals surface area contributed by atoms with Crippen LogP contribution in [0, 0.1) is 0 Å². The number of benzene rings is 1. The molecule has 0 radical (unpaired) electrons. The Kier molecular flexibility index (Phi) is 4.83. The minimum Gasteiger partial charge on any atom is -0.493 e. The maximum Gasteiger partial charge on any atom is 0.260 e. The zero-order valence-electron chi connectivity index (χ0n) is 12.8. The smallest absolute Gasteiger partial charge is 0.260 e. The molecule has 22 heavy (non-hydrogen) atoms. The molecular weight excluding hydrogens is 284 g/mol. The van der Waals surface area contributed by atoms with Gasteiger partial charge in [-0.05, 0) is 29.8 Å². The highest BCUT2D eigenvalue weighted by Gasteiger charge is 2.16. The molecule has 0 fully saturated rings. The molecule has 0 bridgehead atoms. The van der Waals surface area contributed by atoms with Gasteiger partial charge in [0, 0.05) is 19.8 Å². The molecule has 0 saturated carbocycles. The summed E-state index contributed by atoms with van der Waals surface area (Å²) in [6.45, 7) is 0.355. The molecule has 0 aliphatic heterocycles. The van der Waals surface area contributed by atoms with Crippen molar-refractivity contribution in [3.05, 3.63) is 58.0 Å². The summed E-state index contributed by atoms with van der Waals surface area (Å²) in [7, 11) is 4.76. The molecule has 0 saturated heterocycles. The van der Waals surface area contributed by atoms with Crippen molar-refractivity contribution in [2.75, 3.05) is 21.3 Å². The van der Waals surface area contributed by atoms with E-state index in [1.807, 2.05) is 6.07 Å². The molecule has 0 aliphatic rings. The molecule has 0 unspecified atom stereocenters. The lowest BCUT2D eigenvalue weighted by Crippen LogP contribution is -2.31. The summed E-state index contributed by atoms with van der Waals surface area (Å²) >= 11 is 0. The minimum atomic E-state index is -0.397. The molecule has 6 heteroatoms. The summed E-state index contributed by atoms with van der Waals surface area (Å²) in [4.78, 5) is 27.9. The van der Waals surface area contributed by atoms with Crippen molar-refractivity contribution in [1.82, 2.24) is 9.88 Å². The number of rotatable bonds is 5. The van der Waals surface area contributed by atoms with Crippen LogP contribution in [0.25, 0.3) is 0 Å². The number of hydrogen-bond acceptors (Lipinski definition) is 4. The Hall–Kier alpha value is -2.76. The van der Waals surface area contributed by atoms with Crippen LogP contribution in [0.4, 0.5) is 0 Å². The largest absolute Gasteiger partial charge is 0.493 e. The molecular formula is C16H18N2O4. The maximum atomic E-state index is 12.3. The Labute approximate surface area is 128 Å². The van der Waals surface area contributed by atoms with Gasteiger partial charge < -0.3 is 19.4 Å². The second kappa shape index (κ2) is 6.80. The number of nitrogens with zero attached hydrogens (tertiary/aromatic N) is 1. The summed E-state index contributed by atoms with van der Waals surface area (Å²) < 4.78 is 10.4. The predicted octanol–water partition coefficient (Wildman–Crippen LogP) is 1.66. The van der Waals surface area contributed by atoms with E-state index in [0.29, 0.717) is 18.0 Å². The van der Waals surface area contributed by atoms with Crippen LogP contribution in [-0.2, 0) is 6.54 Å². The van der Waals surface area contributed by atoms with E-state index in [1.165, 1.54) is 17.2 Å². The number of pyridine rings is 1. The Morgan fingerprint density at radius 2 is 1.91 bits per heavy atom. The summed E-state index contributed by atoms with van der Waals surface area (Å²) in [5, 5.41) is 0. The zero-order valence-corrected chi connectivity index (χ0v) is 12.8.